The van der Waals surface area contributed by atoms with E-state index in [-0.39, 0.29) is 18.4 Å². The first-order valence-electron chi connectivity index (χ1n) is 10.3. The van der Waals surface area contributed by atoms with Crippen LogP contribution in [0.15, 0.2) is 47.1 Å². The molecule has 7 nitrogen and oxygen atoms in total. The summed E-state index contributed by atoms with van der Waals surface area (Å²) in [6.45, 7) is 0.583. The number of methoxy groups -OCH3 is 1. The number of nitrogens with one attached hydrogen (secondary N) is 3. The third kappa shape index (κ3) is 4.98. The molecule has 0 saturated heterocycles. The molecule has 0 bridgehead atoms. The van der Waals surface area contributed by atoms with Crippen molar-refractivity contribution in [2.24, 2.45) is 0 Å². The standard InChI is InChI=1S/C23H25N3O4S/c1-29-18-10-4-3-9-17(18)25-22(28)21-16-8-2-5-11-19(16)31-23(21)26-20(27)14-24-13-15-7-6-12-30-15/h3-4,6-7,9-10,12,24H,2,5,8,11,13-14H2,1H3,(H,25,28)(H,26,27). The summed E-state index contributed by atoms with van der Waals surface area (Å²) in [5.41, 5.74) is 2.20. The number of hydrogen-bond donors (Lipinski definition) is 3. The predicted molar refractivity (Wildman–Crippen MR) is 121 cm³/mol. The number of furan rings is 1. The Hall–Kier alpha value is -3.10. The van der Waals surface area contributed by atoms with Gasteiger partial charge in [-0.25, -0.2) is 0 Å². The van der Waals surface area contributed by atoms with Crippen molar-refractivity contribution >= 4 is 33.8 Å². The van der Waals surface area contributed by atoms with Crippen LogP contribution in [-0.2, 0) is 24.2 Å². The summed E-state index contributed by atoms with van der Waals surface area (Å²) in [7, 11) is 1.57. The summed E-state index contributed by atoms with van der Waals surface area (Å²) in [5, 5.41) is 9.55. The van der Waals surface area contributed by atoms with Gasteiger partial charge < -0.3 is 25.1 Å². The number of carbonyl (C=O) groups is 2. The maximum Gasteiger partial charge on any atom is 0.259 e. The first-order chi connectivity index (χ1) is 15.2. The summed E-state index contributed by atoms with van der Waals surface area (Å²) in [4.78, 5) is 27.0. The highest BCUT2D eigenvalue weighted by Gasteiger charge is 2.26. The van der Waals surface area contributed by atoms with E-state index in [1.807, 2.05) is 18.2 Å². The van der Waals surface area contributed by atoms with E-state index in [1.54, 1.807) is 31.6 Å². The Morgan fingerprint density at radius 2 is 1.94 bits per heavy atom. The molecule has 3 N–H and O–H groups in total. The van der Waals surface area contributed by atoms with E-state index in [2.05, 4.69) is 16.0 Å². The molecule has 31 heavy (non-hydrogen) atoms. The molecule has 0 saturated carbocycles. The SMILES string of the molecule is COc1ccccc1NC(=O)c1c(NC(=O)CNCc2ccco2)sc2c1CCCC2. The van der Waals surface area contributed by atoms with E-state index in [9.17, 15) is 9.59 Å². The second kappa shape index (κ2) is 9.80. The predicted octanol–water partition coefficient (Wildman–Crippen LogP) is 4.21. The van der Waals surface area contributed by atoms with Gasteiger partial charge in [0.25, 0.3) is 5.91 Å². The zero-order chi connectivity index (χ0) is 21.6. The molecule has 2 amide bonds. The highest BCUT2D eigenvalue weighted by molar-refractivity contribution is 7.17. The van der Waals surface area contributed by atoms with Gasteiger partial charge in [-0.2, -0.15) is 0 Å². The van der Waals surface area contributed by atoms with Crippen LogP contribution < -0.4 is 20.7 Å². The van der Waals surface area contributed by atoms with E-state index in [4.69, 9.17) is 9.15 Å². The fraction of sp³-hybridized carbons (Fsp3) is 0.304. The average molecular weight is 440 g/mol. The van der Waals surface area contributed by atoms with Crippen LogP contribution >= 0.6 is 11.3 Å². The number of para-hydroxylation sites is 2. The van der Waals surface area contributed by atoms with Crippen LogP contribution in [0.2, 0.25) is 0 Å². The Labute approximate surface area is 184 Å². The third-order valence-electron chi connectivity index (χ3n) is 5.17. The van der Waals surface area contributed by atoms with Crippen molar-refractivity contribution in [3.63, 3.8) is 0 Å². The van der Waals surface area contributed by atoms with Crippen molar-refractivity contribution < 1.29 is 18.7 Å². The van der Waals surface area contributed by atoms with Gasteiger partial charge in [0, 0.05) is 4.88 Å². The molecule has 0 fully saturated rings. The number of fused-ring (bicyclic) bond motifs is 1. The van der Waals surface area contributed by atoms with Crippen LogP contribution in [0.4, 0.5) is 10.7 Å². The molecule has 0 atom stereocenters. The van der Waals surface area contributed by atoms with Crippen molar-refractivity contribution in [1.29, 1.82) is 0 Å². The number of ether oxygens (including phenoxy) is 1. The van der Waals surface area contributed by atoms with Gasteiger partial charge in [-0.15, -0.1) is 11.3 Å². The summed E-state index contributed by atoms with van der Waals surface area (Å²) < 4.78 is 10.6. The normalized spacial score (nSPS) is 12.8. The summed E-state index contributed by atoms with van der Waals surface area (Å²) >= 11 is 1.50. The minimum absolute atomic E-state index is 0.122. The van der Waals surface area contributed by atoms with E-state index in [0.29, 0.717) is 28.5 Å². The Bertz CT molecular complexity index is 1060. The van der Waals surface area contributed by atoms with Gasteiger partial charge in [-0.1, -0.05) is 12.1 Å². The first kappa shape index (κ1) is 21.1. The van der Waals surface area contributed by atoms with Crippen LogP contribution in [0.25, 0.3) is 0 Å². The second-order valence-electron chi connectivity index (χ2n) is 7.30. The highest BCUT2D eigenvalue weighted by Crippen LogP contribution is 2.39. The van der Waals surface area contributed by atoms with Crippen molar-refractivity contribution in [2.75, 3.05) is 24.3 Å². The Morgan fingerprint density at radius 3 is 2.74 bits per heavy atom. The van der Waals surface area contributed by atoms with E-state index in [0.717, 1.165) is 37.0 Å². The lowest BCUT2D eigenvalue weighted by Crippen LogP contribution is -2.28. The zero-order valence-corrected chi connectivity index (χ0v) is 18.1. The van der Waals surface area contributed by atoms with Gasteiger partial charge in [0.05, 0.1) is 37.7 Å². The largest absolute Gasteiger partial charge is 0.495 e. The number of benzene rings is 1. The van der Waals surface area contributed by atoms with Gasteiger partial charge in [0.15, 0.2) is 0 Å². The highest BCUT2D eigenvalue weighted by atomic mass is 32.1. The van der Waals surface area contributed by atoms with Gasteiger partial charge in [-0.05, 0) is 55.5 Å². The Kier molecular flexibility index (Phi) is 6.69. The van der Waals surface area contributed by atoms with Gasteiger partial charge in [-0.3, -0.25) is 9.59 Å². The lowest BCUT2D eigenvalue weighted by molar-refractivity contribution is -0.115. The molecule has 0 radical (unpaired) electrons. The van der Waals surface area contributed by atoms with E-state index < -0.39 is 0 Å². The topological polar surface area (TPSA) is 92.6 Å². The summed E-state index contributed by atoms with van der Waals surface area (Å²) in [6, 6.07) is 10.9. The number of anilines is 2. The Balaban J connectivity index is 1.50. The molecular weight excluding hydrogens is 414 g/mol. The van der Waals surface area contributed by atoms with Crippen molar-refractivity contribution in [3.8, 4) is 5.75 Å². The molecule has 8 heteroatoms. The number of carbonyl (C=O) groups excluding carboxylic acids is 2. The smallest absolute Gasteiger partial charge is 0.259 e. The van der Waals surface area contributed by atoms with Gasteiger partial charge >= 0.3 is 0 Å². The van der Waals surface area contributed by atoms with E-state index in [1.165, 1.54) is 16.2 Å². The average Bonchev–Trinajstić information content (AvgIpc) is 3.41. The number of rotatable bonds is 8. The molecule has 1 aliphatic rings. The minimum Gasteiger partial charge on any atom is -0.495 e. The van der Waals surface area contributed by atoms with Crippen LogP contribution in [-0.4, -0.2) is 25.5 Å². The van der Waals surface area contributed by atoms with Crippen LogP contribution in [0.3, 0.4) is 0 Å². The van der Waals surface area contributed by atoms with Gasteiger partial charge in [0.1, 0.15) is 16.5 Å². The fourth-order valence-electron chi connectivity index (χ4n) is 3.71. The molecular formula is C23H25N3O4S. The third-order valence-corrected chi connectivity index (χ3v) is 6.38. The van der Waals surface area contributed by atoms with Crippen molar-refractivity contribution in [1.82, 2.24) is 5.32 Å². The summed E-state index contributed by atoms with van der Waals surface area (Å²) in [6.07, 6.45) is 5.50. The van der Waals surface area contributed by atoms with Crippen molar-refractivity contribution in [3.05, 3.63) is 64.4 Å². The minimum atomic E-state index is -0.234. The molecule has 0 unspecified atom stereocenters. The molecule has 1 aliphatic carbocycles. The lowest BCUT2D eigenvalue weighted by Gasteiger charge is -2.14. The second-order valence-corrected chi connectivity index (χ2v) is 8.41. The van der Waals surface area contributed by atoms with Crippen molar-refractivity contribution in [2.45, 2.75) is 32.2 Å². The quantitative estimate of drug-likeness (QED) is 0.489. The molecule has 3 aromatic rings. The number of hydrogen-bond acceptors (Lipinski definition) is 6. The van der Waals surface area contributed by atoms with Gasteiger partial charge in [0.2, 0.25) is 5.91 Å². The summed E-state index contributed by atoms with van der Waals surface area (Å²) in [5.74, 6) is 0.920. The zero-order valence-electron chi connectivity index (χ0n) is 17.3. The molecule has 0 aliphatic heterocycles. The van der Waals surface area contributed by atoms with E-state index >= 15 is 0 Å². The monoisotopic (exact) mass is 439 g/mol. The number of amides is 2. The maximum atomic E-state index is 13.2. The molecule has 1 aromatic carbocycles. The first-order valence-corrected chi connectivity index (χ1v) is 11.1. The Morgan fingerprint density at radius 1 is 1.10 bits per heavy atom. The molecule has 4 rings (SSSR count). The van der Waals surface area contributed by atoms with Crippen LogP contribution in [0.1, 0.15) is 39.4 Å². The number of aryl methyl sites for hydroxylation is 1. The molecule has 0 spiro atoms. The molecule has 162 valence electrons. The van der Waals surface area contributed by atoms with Crippen LogP contribution in [0.5, 0.6) is 5.75 Å². The van der Waals surface area contributed by atoms with Crippen LogP contribution in [0, 0.1) is 0 Å². The molecule has 2 aromatic heterocycles. The fourth-order valence-corrected chi connectivity index (χ4v) is 5.01. The lowest BCUT2D eigenvalue weighted by atomic mass is 9.95. The maximum absolute atomic E-state index is 13.2. The molecule has 2 heterocycles. The number of thiophene rings is 1.